The van der Waals surface area contributed by atoms with Crippen molar-refractivity contribution in [2.45, 2.75) is 4.90 Å². The Balaban J connectivity index is 1.91. The molecule has 0 bridgehead atoms. The molecule has 3 aromatic rings. The lowest BCUT2D eigenvalue weighted by Gasteiger charge is -2.30. The first-order valence-corrected chi connectivity index (χ1v) is 10.4. The number of rotatable bonds is 3. The Labute approximate surface area is 162 Å². The summed E-state index contributed by atoms with van der Waals surface area (Å²) in [6, 6.07) is 13.4. The summed E-state index contributed by atoms with van der Waals surface area (Å²) < 4.78 is 27.7. The molecule has 1 saturated heterocycles. The molecule has 1 aliphatic rings. The average molecular weight is 401 g/mol. The minimum Gasteiger partial charge on any atom is -0.367 e. The third kappa shape index (κ3) is 2.96. The molecule has 0 aliphatic carbocycles. The van der Waals surface area contributed by atoms with Gasteiger partial charge in [0.1, 0.15) is 11.0 Å². The topological polar surface area (TPSA) is 78.1 Å². The van der Waals surface area contributed by atoms with Gasteiger partial charge in [0.25, 0.3) is 10.0 Å². The van der Waals surface area contributed by atoms with Gasteiger partial charge in [0.15, 0.2) is 0 Å². The molecule has 27 heavy (non-hydrogen) atoms. The maximum atomic E-state index is 13.2. The summed E-state index contributed by atoms with van der Waals surface area (Å²) in [5.74, 6) is 0. The summed E-state index contributed by atoms with van der Waals surface area (Å²) >= 11 is 6.46. The Morgan fingerprint density at radius 1 is 1.07 bits per heavy atom. The summed E-state index contributed by atoms with van der Waals surface area (Å²) in [6.45, 7) is 3.30. The van der Waals surface area contributed by atoms with Crippen LogP contribution in [0.1, 0.15) is 5.56 Å². The van der Waals surface area contributed by atoms with Crippen molar-refractivity contribution in [3.8, 4) is 6.07 Å². The maximum absolute atomic E-state index is 13.2. The van der Waals surface area contributed by atoms with Gasteiger partial charge in [0.05, 0.1) is 21.8 Å². The van der Waals surface area contributed by atoms with E-state index in [4.69, 9.17) is 11.6 Å². The minimum absolute atomic E-state index is 0.0105. The molecule has 4 rings (SSSR count). The zero-order valence-electron chi connectivity index (χ0n) is 14.4. The number of anilines is 1. The fourth-order valence-electron chi connectivity index (χ4n) is 3.46. The second kappa shape index (κ2) is 6.89. The molecule has 6 nitrogen and oxygen atoms in total. The van der Waals surface area contributed by atoms with Crippen LogP contribution >= 0.6 is 11.6 Å². The predicted molar refractivity (Wildman–Crippen MR) is 106 cm³/mol. The standard InChI is InChI=1S/C19H17ClN4O2S/c20-16-5-6-17-15(19(16)23-11-8-22-9-12-23)7-10-24(17)27(25,26)18-4-2-1-3-14(18)13-21/h1-7,10,22H,8-9,11-12H2. The normalized spacial score (nSPS) is 15.0. The smallest absolute Gasteiger partial charge is 0.269 e. The van der Waals surface area contributed by atoms with Crippen molar-refractivity contribution in [3.63, 3.8) is 0 Å². The van der Waals surface area contributed by atoms with Crippen LogP contribution in [0.5, 0.6) is 0 Å². The van der Waals surface area contributed by atoms with E-state index in [9.17, 15) is 13.7 Å². The minimum atomic E-state index is -3.91. The first kappa shape index (κ1) is 17.9. The molecular formula is C19H17ClN4O2S. The third-order valence-corrected chi connectivity index (χ3v) is 6.79. The Morgan fingerprint density at radius 3 is 2.56 bits per heavy atom. The van der Waals surface area contributed by atoms with E-state index in [0.717, 1.165) is 37.3 Å². The number of piperazine rings is 1. The summed E-state index contributed by atoms with van der Waals surface area (Å²) in [4.78, 5) is 2.16. The highest BCUT2D eigenvalue weighted by Gasteiger charge is 2.25. The predicted octanol–water partition coefficient (Wildman–Crippen LogP) is 2.81. The first-order valence-electron chi connectivity index (χ1n) is 8.54. The highest BCUT2D eigenvalue weighted by molar-refractivity contribution is 7.90. The van der Waals surface area contributed by atoms with Crippen LogP contribution in [0.15, 0.2) is 53.6 Å². The van der Waals surface area contributed by atoms with Gasteiger partial charge in [-0.2, -0.15) is 5.26 Å². The molecule has 0 spiro atoms. The molecule has 0 atom stereocenters. The number of hydrogen-bond acceptors (Lipinski definition) is 5. The summed E-state index contributed by atoms with van der Waals surface area (Å²) in [7, 11) is -3.91. The van der Waals surface area contributed by atoms with Crippen LogP contribution in [0.4, 0.5) is 5.69 Å². The highest BCUT2D eigenvalue weighted by atomic mass is 35.5. The summed E-state index contributed by atoms with van der Waals surface area (Å²) in [6.07, 6.45) is 1.52. The highest BCUT2D eigenvalue weighted by Crippen LogP contribution is 2.36. The molecule has 0 radical (unpaired) electrons. The van der Waals surface area contributed by atoms with Crippen LogP contribution in [0, 0.1) is 11.3 Å². The van der Waals surface area contributed by atoms with E-state index in [1.807, 2.05) is 6.07 Å². The Kier molecular flexibility index (Phi) is 4.56. The zero-order chi connectivity index (χ0) is 19.0. The van der Waals surface area contributed by atoms with Crippen molar-refractivity contribution in [3.05, 3.63) is 59.2 Å². The van der Waals surface area contributed by atoms with Crippen LogP contribution in [0.2, 0.25) is 5.02 Å². The molecular weight excluding hydrogens is 384 g/mol. The summed E-state index contributed by atoms with van der Waals surface area (Å²) in [5, 5.41) is 14.0. The van der Waals surface area contributed by atoms with Gasteiger partial charge in [-0.25, -0.2) is 12.4 Å². The van der Waals surface area contributed by atoms with Crippen LogP contribution in [0.3, 0.4) is 0 Å². The van der Waals surface area contributed by atoms with E-state index in [2.05, 4.69) is 10.2 Å². The number of halogens is 1. The van der Waals surface area contributed by atoms with Crippen LogP contribution < -0.4 is 10.2 Å². The van der Waals surface area contributed by atoms with Crippen molar-refractivity contribution in [1.82, 2.24) is 9.29 Å². The number of hydrogen-bond donors (Lipinski definition) is 1. The number of benzene rings is 2. The fraction of sp³-hybridized carbons (Fsp3) is 0.211. The number of fused-ring (bicyclic) bond motifs is 1. The Bertz CT molecular complexity index is 1160. The Hall–Kier alpha value is -2.53. The molecule has 1 aliphatic heterocycles. The first-order chi connectivity index (χ1) is 13.0. The van der Waals surface area contributed by atoms with Gasteiger partial charge in [-0.3, -0.25) is 0 Å². The zero-order valence-corrected chi connectivity index (χ0v) is 16.0. The number of aromatic nitrogens is 1. The quantitative estimate of drug-likeness (QED) is 0.731. The number of nitriles is 1. The van der Waals surface area contributed by atoms with Gasteiger partial charge in [-0.05, 0) is 30.3 Å². The van der Waals surface area contributed by atoms with E-state index in [1.165, 1.54) is 22.3 Å². The molecule has 8 heteroatoms. The SMILES string of the molecule is N#Cc1ccccc1S(=O)(=O)n1ccc2c(N3CCNCC3)c(Cl)ccc21. The van der Waals surface area contributed by atoms with E-state index < -0.39 is 10.0 Å². The lowest BCUT2D eigenvalue weighted by Crippen LogP contribution is -2.43. The summed E-state index contributed by atoms with van der Waals surface area (Å²) in [5.41, 5.74) is 1.51. The van der Waals surface area contributed by atoms with Gasteiger partial charge < -0.3 is 10.2 Å². The lowest BCUT2D eigenvalue weighted by atomic mass is 10.2. The Morgan fingerprint density at radius 2 is 1.81 bits per heavy atom. The molecule has 1 N–H and O–H groups in total. The fourth-order valence-corrected chi connectivity index (χ4v) is 5.24. The number of nitrogens with one attached hydrogen (secondary N) is 1. The molecule has 2 aromatic carbocycles. The lowest BCUT2D eigenvalue weighted by molar-refractivity contribution is 0.588. The van der Waals surface area contributed by atoms with Crippen molar-refractivity contribution < 1.29 is 8.42 Å². The van der Waals surface area contributed by atoms with Crippen molar-refractivity contribution in [1.29, 1.82) is 5.26 Å². The van der Waals surface area contributed by atoms with Crippen LogP contribution in [-0.2, 0) is 10.0 Å². The van der Waals surface area contributed by atoms with Crippen molar-refractivity contribution in [2.75, 3.05) is 31.1 Å². The van der Waals surface area contributed by atoms with E-state index in [0.29, 0.717) is 10.5 Å². The molecule has 0 saturated carbocycles. The molecule has 0 amide bonds. The molecule has 0 unspecified atom stereocenters. The average Bonchev–Trinajstić information content (AvgIpc) is 3.13. The van der Waals surface area contributed by atoms with Crippen molar-refractivity contribution in [2.24, 2.45) is 0 Å². The van der Waals surface area contributed by atoms with E-state index >= 15 is 0 Å². The third-order valence-electron chi connectivity index (χ3n) is 4.74. The van der Waals surface area contributed by atoms with E-state index in [-0.39, 0.29) is 10.5 Å². The monoisotopic (exact) mass is 400 g/mol. The largest absolute Gasteiger partial charge is 0.367 e. The molecule has 1 aromatic heterocycles. The van der Waals surface area contributed by atoms with Crippen molar-refractivity contribution >= 4 is 38.2 Å². The van der Waals surface area contributed by atoms with Gasteiger partial charge in [-0.15, -0.1) is 0 Å². The van der Waals surface area contributed by atoms with E-state index in [1.54, 1.807) is 30.3 Å². The van der Waals surface area contributed by atoms with Gasteiger partial charge >= 0.3 is 0 Å². The molecule has 2 heterocycles. The number of nitrogens with zero attached hydrogens (tertiary/aromatic N) is 3. The molecule has 138 valence electrons. The van der Waals surface area contributed by atoms with Gasteiger partial charge in [0, 0.05) is 37.8 Å². The van der Waals surface area contributed by atoms with Crippen LogP contribution in [0.25, 0.3) is 10.9 Å². The molecule has 1 fully saturated rings. The van der Waals surface area contributed by atoms with Gasteiger partial charge in [-0.1, -0.05) is 23.7 Å². The second-order valence-electron chi connectivity index (χ2n) is 6.29. The second-order valence-corrected chi connectivity index (χ2v) is 8.48. The van der Waals surface area contributed by atoms with Crippen LogP contribution in [-0.4, -0.2) is 38.6 Å². The maximum Gasteiger partial charge on any atom is 0.269 e. The van der Waals surface area contributed by atoms with Gasteiger partial charge in [0.2, 0.25) is 0 Å².